The van der Waals surface area contributed by atoms with Crippen LogP contribution in [0.4, 0.5) is 11.4 Å². The molecule has 0 fully saturated rings. The summed E-state index contributed by atoms with van der Waals surface area (Å²) in [6.45, 7) is 6.40. The van der Waals surface area contributed by atoms with Crippen LogP contribution in [0.5, 0.6) is 0 Å². The van der Waals surface area contributed by atoms with E-state index in [2.05, 4.69) is 26.1 Å². The molecular formula is C12H18N2O2. The lowest BCUT2D eigenvalue weighted by Gasteiger charge is -2.16. The molecule has 4 heteroatoms. The molecule has 0 heterocycles. The molecule has 4 nitrogen and oxygen atoms in total. The number of non-ortho nitro benzene ring substituents is 1. The summed E-state index contributed by atoms with van der Waals surface area (Å²) in [6, 6.07) is 6.93. The van der Waals surface area contributed by atoms with Gasteiger partial charge in [-0.3, -0.25) is 10.1 Å². The van der Waals surface area contributed by atoms with E-state index < -0.39 is 0 Å². The Bertz CT molecular complexity index is 364. The Morgan fingerprint density at radius 3 is 2.62 bits per heavy atom. The van der Waals surface area contributed by atoms with E-state index in [1.807, 2.05) is 6.07 Å². The summed E-state index contributed by atoms with van der Waals surface area (Å²) >= 11 is 0. The summed E-state index contributed by atoms with van der Waals surface area (Å²) in [4.78, 5) is 10.2. The van der Waals surface area contributed by atoms with Crippen molar-refractivity contribution in [2.24, 2.45) is 5.92 Å². The third-order valence-corrected chi connectivity index (χ3v) is 2.29. The van der Waals surface area contributed by atoms with Crippen LogP contribution in [0.3, 0.4) is 0 Å². The highest BCUT2D eigenvalue weighted by Gasteiger charge is 2.08. The van der Waals surface area contributed by atoms with Gasteiger partial charge in [0.05, 0.1) is 4.92 Å². The fourth-order valence-corrected chi connectivity index (χ4v) is 1.76. The Balaban J connectivity index is 2.66. The van der Waals surface area contributed by atoms with E-state index in [9.17, 15) is 10.1 Å². The molecule has 0 radical (unpaired) electrons. The Morgan fingerprint density at radius 1 is 1.38 bits per heavy atom. The van der Waals surface area contributed by atoms with E-state index in [0.29, 0.717) is 12.0 Å². The number of hydrogen-bond donors (Lipinski definition) is 1. The van der Waals surface area contributed by atoms with Crippen LogP contribution in [0.25, 0.3) is 0 Å². The molecule has 1 atom stereocenters. The summed E-state index contributed by atoms with van der Waals surface area (Å²) in [5, 5.41) is 13.9. The second-order valence-electron chi connectivity index (χ2n) is 4.48. The summed E-state index contributed by atoms with van der Waals surface area (Å²) < 4.78 is 0. The number of nitrogens with zero attached hydrogens (tertiary/aromatic N) is 1. The van der Waals surface area contributed by atoms with Gasteiger partial charge < -0.3 is 5.32 Å². The SMILES string of the molecule is CC(C)CC(C)Nc1cccc([N+](=O)[O-])c1. The molecule has 0 bridgehead atoms. The highest BCUT2D eigenvalue weighted by Crippen LogP contribution is 2.19. The Hall–Kier alpha value is -1.58. The molecule has 1 rings (SSSR count). The maximum atomic E-state index is 10.6. The lowest BCUT2D eigenvalue weighted by Crippen LogP contribution is -2.17. The van der Waals surface area contributed by atoms with Crippen molar-refractivity contribution in [3.63, 3.8) is 0 Å². The van der Waals surface area contributed by atoms with Crippen molar-refractivity contribution in [2.45, 2.75) is 33.2 Å². The van der Waals surface area contributed by atoms with Gasteiger partial charge in [-0.1, -0.05) is 19.9 Å². The monoisotopic (exact) mass is 222 g/mol. The van der Waals surface area contributed by atoms with Crippen molar-refractivity contribution in [1.29, 1.82) is 0 Å². The van der Waals surface area contributed by atoms with Crippen LogP contribution >= 0.6 is 0 Å². The van der Waals surface area contributed by atoms with Crippen molar-refractivity contribution < 1.29 is 4.92 Å². The Labute approximate surface area is 95.8 Å². The smallest absolute Gasteiger partial charge is 0.271 e. The summed E-state index contributed by atoms with van der Waals surface area (Å²) in [6.07, 6.45) is 1.04. The highest BCUT2D eigenvalue weighted by molar-refractivity contribution is 5.51. The molecule has 1 N–H and O–H groups in total. The second kappa shape index (κ2) is 5.49. The summed E-state index contributed by atoms with van der Waals surface area (Å²) in [5.74, 6) is 0.612. The second-order valence-corrected chi connectivity index (χ2v) is 4.48. The van der Waals surface area contributed by atoms with Crippen molar-refractivity contribution in [3.8, 4) is 0 Å². The standard InChI is InChI=1S/C12H18N2O2/c1-9(2)7-10(3)13-11-5-4-6-12(8-11)14(15)16/h4-6,8-10,13H,7H2,1-3H3. The quantitative estimate of drug-likeness (QED) is 0.613. The molecule has 0 saturated carbocycles. The molecule has 0 aliphatic carbocycles. The van der Waals surface area contributed by atoms with Gasteiger partial charge in [-0.05, 0) is 25.3 Å². The van der Waals surface area contributed by atoms with Crippen molar-refractivity contribution in [1.82, 2.24) is 0 Å². The maximum Gasteiger partial charge on any atom is 0.271 e. The van der Waals surface area contributed by atoms with Gasteiger partial charge in [0.1, 0.15) is 0 Å². The molecule has 16 heavy (non-hydrogen) atoms. The number of benzene rings is 1. The van der Waals surface area contributed by atoms with Gasteiger partial charge in [-0.15, -0.1) is 0 Å². The normalized spacial score (nSPS) is 12.5. The molecule has 0 saturated heterocycles. The lowest BCUT2D eigenvalue weighted by atomic mass is 10.1. The zero-order valence-corrected chi connectivity index (χ0v) is 9.93. The van der Waals surface area contributed by atoms with E-state index >= 15 is 0 Å². The molecule has 1 unspecified atom stereocenters. The van der Waals surface area contributed by atoms with Gasteiger partial charge in [0, 0.05) is 23.9 Å². The topological polar surface area (TPSA) is 55.2 Å². The number of rotatable bonds is 5. The van der Waals surface area contributed by atoms with Gasteiger partial charge in [-0.25, -0.2) is 0 Å². The van der Waals surface area contributed by atoms with Crippen LogP contribution in [-0.2, 0) is 0 Å². The van der Waals surface area contributed by atoms with E-state index in [1.165, 1.54) is 6.07 Å². The van der Waals surface area contributed by atoms with E-state index in [0.717, 1.165) is 12.1 Å². The number of nitro groups is 1. The third kappa shape index (κ3) is 3.88. The number of nitrogens with one attached hydrogen (secondary N) is 1. The first-order chi connectivity index (χ1) is 7.49. The molecule has 1 aromatic rings. The summed E-state index contributed by atoms with van der Waals surface area (Å²) in [5.41, 5.74) is 0.934. The van der Waals surface area contributed by atoms with Crippen LogP contribution in [0.15, 0.2) is 24.3 Å². The number of anilines is 1. The maximum absolute atomic E-state index is 10.6. The van der Waals surface area contributed by atoms with Gasteiger partial charge >= 0.3 is 0 Å². The third-order valence-electron chi connectivity index (χ3n) is 2.29. The summed E-state index contributed by atoms with van der Waals surface area (Å²) in [7, 11) is 0. The number of hydrogen-bond acceptors (Lipinski definition) is 3. The van der Waals surface area contributed by atoms with E-state index in [1.54, 1.807) is 12.1 Å². The predicted octanol–water partition coefficient (Wildman–Crippen LogP) is 3.44. The Kier molecular flexibility index (Phi) is 4.28. The van der Waals surface area contributed by atoms with Crippen LogP contribution in [-0.4, -0.2) is 11.0 Å². The average molecular weight is 222 g/mol. The minimum absolute atomic E-state index is 0.127. The Morgan fingerprint density at radius 2 is 2.06 bits per heavy atom. The molecule has 0 aliphatic rings. The molecule has 1 aromatic carbocycles. The van der Waals surface area contributed by atoms with Crippen molar-refractivity contribution in [3.05, 3.63) is 34.4 Å². The first-order valence-electron chi connectivity index (χ1n) is 5.50. The largest absolute Gasteiger partial charge is 0.382 e. The zero-order valence-electron chi connectivity index (χ0n) is 9.93. The van der Waals surface area contributed by atoms with Crippen molar-refractivity contribution >= 4 is 11.4 Å². The zero-order chi connectivity index (χ0) is 12.1. The molecule has 0 aliphatic heterocycles. The predicted molar refractivity (Wildman–Crippen MR) is 65.6 cm³/mol. The fourth-order valence-electron chi connectivity index (χ4n) is 1.76. The average Bonchev–Trinajstić information content (AvgIpc) is 2.16. The first kappa shape index (κ1) is 12.5. The molecule has 0 amide bonds. The van der Waals surface area contributed by atoms with Gasteiger partial charge in [0.2, 0.25) is 0 Å². The van der Waals surface area contributed by atoms with Gasteiger partial charge in [0.15, 0.2) is 0 Å². The van der Waals surface area contributed by atoms with Gasteiger partial charge in [-0.2, -0.15) is 0 Å². The molecular weight excluding hydrogens is 204 g/mol. The first-order valence-corrected chi connectivity index (χ1v) is 5.50. The van der Waals surface area contributed by atoms with E-state index in [-0.39, 0.29) is 10.6 Å². The highest BCUT2D eigenvalue weighted by atomic mass is 16.6. The molecule has 0 aromatic heterocycles. The van der Waals surface area contributed by atoms with Crippen LogP contribution in [0, 0.1) is 16.0 Å². The van der Waals surface area contributed by atoms with Crippen molar-refractivity contribution in [2.75, 3.05) is 5.32 Å². The minimum atomic E-state index is -0.377. The number of nitro benzene ring substituents is 1. The molecule has 88 valence electrons. The lowest BCUT2D eigenvalue weighted by molar-refractivity contribution is -0.384. The van der Waals surface area contributed by atoms with E-state index in [4.69, 9.17) is 0 Å². The van der Waals surface area contributed by atoms with Crippen LogP contribution in [0.1, 0.15) is 27.2 Å². The molecule has 0 spiro atoms. The fraction of sp³-hybridized carbons (Fsp3) is 0.500. The van der Waals surface area contributed by atoms with Crippen LogP contribution in [0.2, 0.25) is 0 Å². The van der Waals surface area contributed by atoms with Gasteiger partial charge in [0.25, 0.3) is 5.69 Å². The minimum Gasteiger partial charge on any atom is -0.382 e. The van der Waals surface area contributed by atoms with Crippen LogP contribution < -0.4 is 5.32 Å².